The molecule has 1 saturated heterocycles. The van der Waals surface area contributed by atoms with Gasteiger partial charge in [-0.25, -0.2) is 13.4 Å². The van der Waals surface area contributed by atoms with Gasteiger partial charge in [-0.05, 0) is 24.3 Å². The summed E-state index contributed by atoms with van der Waals surface area (Å²) in [5.41, 5.74) is 2.61. The number of sulfone groups is 1. The number of likely N-dealkylation sites (tertiary alicyclic amines) is 1. The van der Waals surface area contributed by atoms with Gasteiger partial charge in [-0.3, -0.25) is 4.90 Å². The van der Waals surface area contributed by atoms with Crippen LogP contribution in [0, 0.1) is 0 Å². The third-order valence-corrected chi connectivity index (χ3v) is 6.81. The van der Waals surface area contributed by atoms with Crippen LogP contribution in [0.3, 0.4) is 0 Å². The molecule has 3 N–H and O–H groups in total. The topological polar surface area (TPSA) is 110 Å². The van der Waals surface area contributed by atoms with Gasteiger partial charge in [0.2, 0.25) is 0 Å². The number of benzene rings is 1. The fourth-order valence-corrected chi connectivity index (χ4v) is 4.89. The highest BCUT2D eigenvalue weighted by atomic mass is 32.2. The summed E-state index contributed by atoms with van der Waals surface area (Å²) in [6.45, 7) is 1.45. The van der Waals surface area contributed by atoms with E-state index in [0.717, 1.165) is 16.9 Å². The lowest BCUT2D eigenvalue weighted by Crippen LogP contribution is -2.41. The van der Waals surface area contributed by atoms with Gasteiger partial charge in [0, 0.05) is 74.7 Å². The van der Waals surface area contributed by atoms with Crippen molar-refractivity contribution in [2.24, 2.45) is 12.0 Å². The molecule has 2 aromatic rings. The third-order valence-electron chi connectivity index (χ3n) is 5.68. The summed E-state index contributed by atoms with van der Waals surface area (Å²) in [5, 5.41) is 23.6. The highest BCUT2D eigenvalue weighted by Crippen LogP contribution is 2.28. The van der Waals surface area contributed by atoms with E-state index in [4.69, 9.17) is 0 Å². The number of aryl methyl sites for hydroxylation is 1. The van der Waals surface area contributed by atoms with Gasteiger partial charge < -0.3 is 25.0 Å². The molecule has 3 unspecified atom stereocenters. The van der Waals surface area contributed by atoms with Gasteiger partial charge in [0.25, 0.3) is 0 Å². The molecule has 3 atom stereocenters. The van der Waals surface area contributed by atoms with E-state index in [1.54, 1.807) is 17.0 Å². The van der Waals surface area contributed by atoms with E-state index in [2.05, 4.69) is 10.3 Å². The van der Waals surface area contributed by atoms with E-state index >= 15 is 0 Å². The van der Waals surface area contributed by atoms with Crippen LogP contribution in [0.1, 0.15) is 0 Å². The van der Waals surface area contributed by atoms with Crippen molar-refractivity contribution in [1.82, 2.24) is 14.4 Å². The second-order valence-electron chi connectivity index (χ2n) is 8.02. The third kappa shape index (κ3) is 3.95. The summed E-state index contributed by atoms with van der Waals surface area (Å²) >= 11 is 0. The quantitative estimate of drug-likeness (QED) is 0.618. The number of β-amino-alcohol motifs (C(OH)–C–C–N with tert-alkyl or cyclic N) is 2. The molecule has 3 heterocycles. The first-order valence-corrected chi connectivity index (χ1v) is 11.6. The smallest absolute Gasteiger partial charge is 0.196 e. The van der Waals surface area contributed by atoms with E-state index in [0.29, 0.717) is 29.9 Å². The molecule has 2 aliphatic heterocycles. The van der Waals surface area contributed by atoms with Gasteiger partial charge in [-0.1, -0.05) is 0 Å². The van der Waals surface area contributed by atoms with Crippen LogP contribution in [-0.2, 0) is 16.9 Å². The molecule has 1 aromatic carbocycles. The maximum absolute atomic E-state index is 12.2. The molecule has 1 fully saturated rings. The summed E-state index contributed by atoms with van der Waals surface area (Å²) in [4.78, 5) is 8.78. The fourth-order valence-electron chi connectivity index (χ4n) is 3.98. The van der Waals surface area contributed by atoms with Crippen LogP contribution in [0.5, 0.6) is 0 Å². The zero-order valence-corrected chi connectivity index (χ0v) is 18.0. The Morgan fingerprint density at radius 3 is 2.57 bits per heavy atom. The van der Waals surface area contributed by atoms with Crippen molar-refractivity contribution in [2.75, 3.05) is 38.3 Å². The summed E-state index contributed by atoms with van der Waals surface area (Å²) < 4.78 is 26.1. The Morgan fingerprint density at radius 1 is 1.20 bits per heavy atom. The van der Waals surface area contributed by atoms with E-state index in [9.17, 15) is 18.6 Å². The number of aliphatic hydroxyl groups is 2. The van der Waals surface area contributed by atoms with Gasteiger partial charge in [0.1, 0.15) is 0 Å². The van der Waals surface area contributed by atoms with E-state index in [1.807, 2.05) is 48.2 Å². The number of aliphatic imine (C=N–C) groups is 1. The Bertz CT molecular complexity index is 1110. The van der Waals surface area contributed by atoms with Gasteiger partial charge in [0.05, 0.1) is 17.1 Å². The second-order valence-corrected chi connectivity index (χ2v) is 10.0. The molecule has 2 aliphatic rings. The van der Waals surface area contributed by atoms with Crippen LogP contribution in [-0.4, -0.2) is 90.6 Å². The van der Waals surface area contributed by atoms with Crippen LogP contribution in [0.4, 0.5) is 5.69 Å². The Labute approximate surface area is 175 Å². The molecule has 30 heavy (non-hydrogen) atoms. The predicted molar refractivity (Wildman–Crippen MR) is 116 cm³/mol. The Kier molecular flexibility index (Phi) is 5.35. The number of hydrogen-bond donors (Lipinski definition) is 3. The van der Waals surface area contributed by atoms with Crippen LogP contribution >= 0.6 is 0 Å². The Balaban J connectivity index is 1.52. The summed E-state index contributed by atoms with van der Waals surface area (Å²) in [7, 11) is 0.404. The molecule has 0 spiro atoms. The average molecular weight is 434 g/mol. The first kappa shape index (κ1) is 20.9. The molecule has 0 aliphatic carbocycles. The number of likely N-dealkylation sites (N-methyl/N-ethyl adjacent to an activating group) is 1. The largest absolute Gasteiger partial charge is 0.389 e. The highest BCUT2D eigenvalue weighted by molar-refractivity contribution is 7.91. The second kappa shape index (κ2) is 7.69. The number of fused-ring (bicyclic) bond motifs is 1. The van der Waals surface area contributed by atoms with Crippen molar-refractivity contribution >= 4 is 32.6 Å². The maximum atomic E-state index is 12.2. The number of anilines is 1. The molecule has 0 radical (unpaired) electrons. The Morgan fingerprint density at radius 2 is 1.90 bits per heavy atom. The molecule has 1 aromatic heterocycles. The van der Waals surface area contributed by atoms with E-state index < -0.39 is 22.0 Å². The zero-order chi connectivity index (χ0) is 21.6. The van der Waals surface area contributed by atoms with Crippen molar-refractivity contribution in [3.05, 3.63) is 36.2 Å². The van der Waals surface area contributed by atoms with Crippen LogP contribution in [0.15, 0.2) is 46.1 Å². The zero-order valence-electron chi connectivity index (χ0n) is 17.2. The number of allylic oxidation sites excluding steroid dienone is 1. The molecule has 9 nitrogen and oxygen atoms in total. The molecular formula is C20H27N5O4S. The summed E-state index contributed by atoms with van der Waals surface area (Å²) in [6.07, 6.45) is 4.70. The van der Waals surface area contributed by atoms with Gasteiger partial charge in [-0.2, -0.15) is 0 Å². The number of aromatic nitrogens is 1. The maximum Gasteiger partial charge on any atom is 0.196 e. The van der Waals surface area contributed by atoms with Crippen LogP contribution < -0.4 is 5.32 Å². The lowest BCUT2D eigenvalue weighted by molar-refractivity contribution is 0.0572. The van der Waals surface area contributed by atoms with Crippen LogP contribution in [0.25, 0.3) is 10.9 Å². The molecule has 0 amide bonds. The molecule has 0 bridgehead atoms. The van der Waals surface area contributed by atoms with E-state index in [1.165, 1.54) is 6.26 Å². The fraction of sp³-hybridized carbons (Fsp3) is 0.450. The molecule has 10 heteroatoms. The molecule has 162 valence electrons. The molecule has 4 rings (SSSR count). The number of nitrogens with one attached hydrogen (secondary N) is 1. The highest BCUT2D eigenvalue weighted by Gasteiger charge is 2.31. The van der Waals surface area contributed by atoms with Crippen molar-refractivity contribution in [3.8, 4) is 0 Å². The minimum absolute atomic E-state index is 0.302. The standard InChI is InChI=1S/C20H27N5O4S/c1-23-12-19(30(3,28)29)15-8-13(4-5-16(15)23)22-20-21-7-6-14(24(20)2)9-25-10-17(26)18(27)11-25/h4-8,12,17-18,20,22,26-27H,9-11H2,1-3H3. The van der Waals surface area contributed by atoms with Gasteiger partial charge >= 0.3 is 0 Å². The summed E-state index contributed by atoms with van der Waals surface area (Å²) in [5.74, 6) is 0. The number of hydrogen-bond acceptors (Lipinski definition) is 8. The molecule has 0 saturated carbocycles. The predicted octanol–water partition coefficient (Wildman–Crippen LogP) is 0.215. The minimum atomic E-state index is -3.34. The number of aliphatic hydroxyl groups excluding tert-OH is 2. The normalized spacial score (nSPS) is 25.2. The van der Waals surface area contributed by atoms with E-state index in [-0.39, 0.29) is 6.29 Å². The first-order chi connectivity index (χ1) is 14.1. The monoisotopic (exact) mass is 433 g/mol. The van der Waals surface area contributed by atoms with Gasteiger partial charge in [-0.15, -0.1) is 0 Å². The minimum Gasteiger partial charge on any atom is -0.389 e. The van der Waals surface area contributed by atoms with Crippen molar-refractivity contribution in [3.63, 3.8) is 0 Å². The lowest BCUT2D eigenvalue weighted by atomic mass is 10.2. The van der Waals surface area contributed by atoms with Gasteiger partial charge in [0.15, 0.2) is 16.1 Å². The Hall–Kier alpha value is -2.40. The first-order valence-electron chi connectivity index (χ1n) is 9.73. The number of rotatable bonds is 5. The van der Waals surface area contributed by atoms with Crippen LogP contribution in [0.2, 0.25) is 0 Å². The van der Waals surface area contributed by atoms with Crippen molar-refractivity contribution in [2.45, 2.75) is 23.4 Å². The average Bonchev–Trinajstić information content (AvgIpc) is 3.17. The van der Waals surface area contributed by atoms with Crippen molar-refractivity contribution in [1.29, 1.82) is 0 Å². The summed E-state index contributed by atoms with van der Waals surface area (Å²) in [6, 6.07) is 5.63. The number of nitrogens with zero attached hydrogens (tertiary/aromatic N) is 4. The SMILES string of the molecule is CN1C(CN2CC(O)C(O)C2)=CC=NC1Nc1ccc2c(c1)c(S(C)(=O)=O)cn2C. The molecular weight excluding hydrogens is 406 g/mol. The lowest BCUT2D eigenvalue weighted by Gasteiger charge is -2.34. The van der Waals surface area contributed by atoms with Crippen molar-refractivity contribution < 1.29 is 18.6 Å².